The zero-order valence-corrected chi connectivity index (χ0v) is 15.1. The smallest absolute Gasteiger partial charge is 0.343 e. The normalized spacial score (nSPS) is 12.9. The molecule has 4 N–H and O–H groups in total. The summed E-state index contributed by atoms with van der Waals surface area (Å²) < 4.78 is 5.57. The van der Waals surface area contributed by atoms with E-state index in [2.05, 4.69) is 15.2 Å². The van der Waals surface area contributed by atoms with E-state index in [0.717, 1.165) is 19.3 Å². The highest BCUT2D eigenvalue weighted by Crippen LogP contribution is 2.31. The van der Waals surface area contributed by atoms with Crippen LogP contribution in [0.4, 0.5) is 23.0 Å². The summed E-state index contributed by atoms with van der Waals surface area (Å²) >= 11 is 0. The maximum Gasteiger partial charge on any atom is 0.343 e. The number of aryl methyl sites for hydroxylation is 2. The number of fused-ring (bicyclic) bond motifs is 1. The lowest BCUT2D eigenvalue weighted by Crippen LogP contribution is -2.09. The molecule has 0 fully saturated rings. The summed E-state index contributed by atoms with van der Waals surface area (Å²) in [5.41, 5.74) is 15.2. The number of nitrogens with two attached hydrogens (primary N) is 2. The van der Waals surface area contributed by atoms with Crippen molar-refractivity contribution >= 4 is 29.0 Å². The summed E-state index contributed by atoms with van der Waals surface area (Å²) in [6.07, 6.45) is 3.19. The van der Waals surface area contributed by atoms with Gasteiger partial charge in [0.25, 0.3) is 0 Å². The number of benzene rings is 2. The van der Waals surface area contributed by atoms with Gasteiger partial charge in [-0.05, 0) is 66.8 Å². The molecule has 28 heavy (non-hydrogen) atoms. The number of nitrogen functional groups attached to an aromatic ring is 2. The average Bonchev–Trinajstić information content (AvgIpc) is 3.16. The van der Waals surface area contributed by atoms with E-state index < -0.39 is 5.97 Å². The van der Waals surface area contributed by atoms with Gasteiger partial charge in [0.1, 0.15) is 17.2 Å². The highest BCUT2D eigenvalue weighted by Gasteiger charge is 2.16. The van der Waals surface area contributed by atoms with Gasteiger partial charge in [-0.15, -0.1) is 10.2 Å². The fourth-order valence-corrected chi connectivity index (χ4v) is 3.16. The zero-order valence-electron chi connectivity index (χ0n) is 15.1. The molecule has 0 unspecified atom stereocenters. The molecular formula is C21H19N5O2. The SMILES string of the molecule is Nc1ccc(/N=N/c2ccccc2OC(=O)c2ccc3c(c2)CCC3)c(N)n1. The van der Waals surface area contributed by atoms with E-state index >= 15 is 0 Å². The monoisotopic (exact) mass is 373 g/mol. The third-order valence-electron chi connectivity index (χ3n) is 4.59. The molecule has 0 spiro atoms. The van der Waals surface area contributed by atoms with E-state index in [4.69, 9.17) is 16.2 Å². The van der Waals surface area contributed by atoms with Crippen molar-refractivity contribution in [3.8, 4) is 5.75 Å². The van der Waals surface area contributed by atoms with Crippen LogP contribution in [0, 0.1) is 0 Å². The van der Waals surface area contributed by atoms with Crippen LogP contribution in [0.1, 0.15) is 27.9 Å². The van der Waals surface area contributed by atoms with Crippen LogP contribution in [0.5, 0.6) is 5.75 Å². The lowest BCUT2D eigenvalue weighted by atomic mass is 10.1. The summed E-state index contributed by atoms with van der Waals surface area (Å²) in [5, 5.41) is 8.25. The minimum Gasteiger partial charge on any atom is -0.421 e. The van der Waals surface area contributed by atoms with Gasteiger partial charge < -0.3 is 16.2 Å². The van der Waals surface area contributed by atoms with Gasteiger partial charge >= 0.3 is 5.97 Å². The van der Waals surface area contributed by atoms with Crippen molar-refractivity contribution in [3.63, 3.8) is 0 Å². The number of ether oxygens (including phenoxy) is 1. The second-order valence-corrected chi connectivity index (χ2v) is 6.53. The second kappa shape index (κ2) is 7.48. The number of hydrogen-bond acceptors (Lipinski definition) is 7. The predicted octanol–water partition coefficient (Wildman–Crippen LogP) is 4.37. The number of carbonyl (C=O) groups is 1. The molecule has 1 aliphatic carbocycles. The number of nitrogens with zero attached hydrogens (tertiary/aromatic N) is 3. The Balaban J connectivity index is 1.56. The van der Waals surface area contributed by atoms with Gasteiger partial charge in [-0.1, -0.05) is 18.2 Å². The van der Waals surface area contributed by atoms with Crippen LogP contribution in [0.2, 0.25) is 0 Å². The van der Waals surface area contributed by atoms with Crippen molar-refractivity contribution in [3.05, 3.63) is 71.3 Å². The zero-order chi connectivity index (χ0) is 19.5. The van der Waals surface area contributed by atoms with Gasteiger partial charge in [-0.3, -0.25) is 0 Å². The molecule has 0 saturated carbocycles. The number of carbonyl (C=O) groups excluding carboxylic acids is 1. The molecule has 0 aliphatic heterocycles. The highest BCUT2D eigenvalue weighted by molar-refractivity contribution is 5.92. The first-order valence-corrected chi connectivity index (χ1v) is 8.97. The minimum atomic E-state index is -0.425. The van der Waals surface area contributed by atoms with Gasteiger partial charge in [0, 0.05) is 0 Å². The van der Waals surface area contributed by atoms with Gasteiger partial charge in [0.15, 0.2) is 11.6 Å². The first-order chi connectivity index (χ1) is 13.6. The molecule has 0 saturated heterocycles. The third-order valence-corrected chi connectivity index (χ3v) is 4.59. The van der Waals surface area contributed by atoms with Crippen LogP contribution in [0.25, 0.3) is 0 Å². The molecule has 2 aromatic carbocycles. The van der Waals surface area contributed by atoms with Gasteiger partial charge in [-0.2, -0.15) is 0 Å². The molecule has 0 bridgehead atoms. The first-order valence-electron chi connectivity index (χ1n) is 8.97. The van der Waals surface area contributed by atoms with Crippen molar-refractivity contribution in [2.24, 2.45) is 10.2 Å². The lowest BCUT2D eigenvalue weighted by molar-refractivity contribution is 0.0735. The molecule has 140 valence electrons. The van der Waals surface area contributed by atoms with E-state index in [1.165, 1.54) is 11.1 Å². The van der Waals surface area contributed by atoms with Crippen molar-refractivity contribution in [2.45, 2.75) is 19.3 Å². The predicted molar refractivity (Wildman–Crippen MR) is 107 cm³/mol. The van der Waals surface area contributed by atoms with Crippen LogP contribution in [0.15, 0.2) is 64.8 Å². The Morgan fingerprint density at radius 2 is 1.71 bits per heavy atom. The minimum absolute atomic E-state index is 0.177. The molecule has 3 aromatic rings. The molecule has 0 atom stereocenters. The van der Waals surface area contributed by atoms with Gasteiger partial charge in [0.05, 0.1) is 5.56 Å². The quantitative estimate of drug-likeness (QED) is 0.400. The number of aromatic nitrogens is 1. The Kier molecular flexibility index (Phi) is 4.72. The summed E-state index contributed by atoms with van der Waals surface area (Å²) in [6, 6.07) is 15.9. The average molecular weight is 373 g/mol. The summed E-state index contributed by atoms with van der Waals surface area (Å²) in [5.74, 6) is 0.376. The number of azo groups is 1. The maximum atomic E-state index is 12.6. The molecule has 1 aromatic heterocycles. The van der Waals surface area contributed by atoms with E-state index in [1.807, 2.05) is 12.1 Å². The van der Waals surface area contributed by atoms with Crippen molar-refractivity contribution in [1.82, 2.24) is 4.98 Å². The number of rotatable bonds is 4. The molecule has 1 aliphatic rings. The number of esters is 1. The number of pyridine rings is 1. The Hall–Kier alpha value is -3.74. The third kappa shape index (κ3) is 3.68. The van der Waals surface area contributed by atoms with E-state index in [9.17, 15) is 4.79 Å². The largest absolute Gasteiger partial charge is 0.421 e. The fraction of sp³-hybridized carbons (Fsp3) is 0.143. The fourth-order valence-electron chi connectivity index (χ4n) is 3.16. The number of anilines is 2. The van der Waals surface area contributed by atoms with Crippen molar-refractivity contribution < 1.29 is 9.53 Å². The molecule has 7 nitrogen and oxygen atoms in total. The van der Waals surface area contributed by atoms with E-state index in [0.29, 0.717) is 28.5 Å². The Morgan fingerprint density at radius 3 is 2.57 bits per heavy atom. The van der Waals surface area contributed by atoms with E-state index in [1.54, 1.807) is 42.5 Å². The highest BCUT2D eigenvalue weighted by atomic mass is 16.5. The van der Waals surface area contributed by atoms with Crippen LogP contribution in [0.3, 0.4) is 0 Å². The van der Waals surface area contributed by atoms with Crippen LogP contribution in [-0.4, -0.2) is 11.0 Å². The van der Waals surface area contributed by atoms with Gasteiger partial charge in [0.2, 0.25) is 0 Å². The molecule has 0 radical (unpaired) electrons. The molecule has 7 heteroatoms. The Bertz CT molecular complexity index is 1080. The van der Waals surface area contributed by atoms with E-state index in [-0.39, 0.29) is 5.82 Å². The molecular weight excluding hydrogens is 354 g/mol. The topological polar surface area (TPSA) is 116 Å². The molecule has 1 heterocycles. The molecule has 0 amide bonds. The number of hydrogen-bond donors (Lipinski definition) is 2. The van der Waals surface area contributed by atoms with Crippen LogP contribution >= 0.6 is 0 Å². The van der Waals surface area contributed by atoms with Gasteiger partial charge in [-0.25, -0.2) is 9.78 Å². The van der Waals surface area contributed by atoms with Crippen molar-refractivity contribution in [1.29, 1.82) is 0 Å². The standard InChI is InChI=1S/C21H19N5O2/c22-19-11-10-17(20(23)24-19)26-25-16-6-1-2-7-18(16)28-21(27)15-9-8-13-4-3-5-14(13)12-15/h1-2,6-12H,3-5H2,(H4,22,23,24)/b26-25+. The van der Waals surface area contributed by atoms with Crippen molar-refractivity contribution in [2.75, 3.05) is 11.5 Å². The second-order valence-electron chi connectivity index (χ2n) is 6.53. The van der Waals surface area contributed by atoms with Crippen LogP contribution in [-0.2, 0) is 12.8 Å². The summed E-state index contributed by atoms with van der Waals surface area (Å²) in [6.45, 7) is 0. The Morgan fingerprint density at radius 1 is 0.929 bits per heavy atom. The number of para-hydroxylation sites is 1. The summed E-state index contributed by atoms with van der Waals surface area (Å²) in [4.78, 5) is 16.5. The maximum absolute atomic E-state index is 12.6. The lowest BCUT2D eigenvalue weighted by Gasteiger charge is -2.08. The Labute approximate surface area is 162 Å². The first kappa shape index (κ1) is 17.7. The van der Waals surface area contributed by atoms with Crippen LogP contribution < -0.4 is 16.2 Å². The molecule has 4 rings (SSSR count). The summed E-state index contributed by atoms with van der Waals surface area (Å²) in [7, 11) is 0.